The number of benzene rings is 2. The molecule has 0 aliphatic carbocycles. The number of pyridine rings is 1. The molecular formula is C20H17N3O3S2. The van der Waals surface area contributed by atoms with Gasteiger partial charge in [-0.3, -0.25) is 4.79 Å². The van der Waals surface area contributed by atoms with Crippen molar-refractivity contribution in [3.8, 4) is 10.7 Å². The molecule has 0 unspecified atom stereocenters. The Morgan fingerprint density at radius 2 is 1.75 bits per heavy atom. The number of hydrogen-bond acceptors (Lipinski definition) is 6. The standard InChI is InChI=1S/C20H17N3O3S2/c1-28(25,26)11-10-21-19(24)14-12-17(22-15-7-3-2-6-13(14)15)20-23-16-8-4-5-9-18(16)27-20/h2-9,12H,10-11H2,1H3,(H,21,24). The highest BCUT2D eigenvalue weighted by Gasteiger charge is 2.16. The Bertz CT molecular complexity index is 1260. The van der Waals surface area contributed by atoms with Crippen LogP contribution in [0.5, 0.6) is 0 Å². The van der Waals surface area contributed by atoms with Gasteiger partial charge in [-0.25, -0.2) is 18.4 Å². The number of para-hydroxylation sites is 2. The van der Waals surface area contributed by atoms with Gasteiger partial charge in [0, 0.05) is 18.2 Å². The lowest BCUT2D eigenvalue weighted by atomic mass is 10.1. The molecule has 0 radical (unpaired) electrons. The summed E-state index contributed by atoms with van der Waals surface area (Å²) in [4.78, 5) is 22.1. The Morgan fingerprint density at radius 1 is 1.04 bits per heavy atom. The van der Waals surface area contributed by atoms with E-state index in [-0.39, 0.29) is 18.2 Å². The molecule has 4 rings (SSSR count). The largest absolute Gasteiger partial charge is 0.351 e. The molecule has 0 fully saturated rings. The summed E-state index contributed by atoms with van der Waals surface area (Å²) >= 11 is 1.52. The number of hydrogen-bond donors (Lipinski definition) is 1. The summed E-state index contributed by atoms with van der Waals surface area (Å²) in [6.45, 7) is 0.0603. The Balaban J connectivity index is 1.76. The molecule has 8 heteroatoms. The second-order valence-corrected chi connectivity index (χ2v) is 9.74. The number of sulfone groups is 1. The van der Waals surface area contributed by atoms with Crippen molar-refractivity contribution in [1.29, 1.82) is 0 Å². The van der Waals surface area contributed by atoms with Crippen molar-refractivity contribution >= 4 is 48.2 Å². The van der Waals surface area contributed by atoms with Gasteiger partial charge in [0.05, 0.1) is 27.0 Å². The molecule has 0 aliphatic rings. The van der Waals surface area contributed by atoms with E-state index in [0.29, 0.717) is 22.2 Å². The highest BCUT2D eigenvalue weighted by atomic mass is 32.2. The number of nitrogens with zero attached hydrogens (tertiary/aromatic N) is 2. The minimum absolute atomic E-state index is 0.0603. The first kappa shape index (κ1) is 18.5. The number of nitrogens with one attached hydrogen (secondary N) is 1. The fourth-order valence-electron chi connectivity index (χ4n) is 2.90. The average Bonchev–Trinajstić information content (AvgIpc) is 3.10. The summed E-state index contributed by atoms with van der Waals surface area (Å²) in [7, 11) is -3.15. The van der Waals surface area contributed by atoms with Crippen LogP contribution < -0.4 is 5.32 Å². The van der Waals surface area contributed by atoms with Crippen LogP contribution in [0.4, 0.5) is 0 Å². The predicted molar refractivity (Wildman–Crippen MR) is 112 cm³/mol. The first-order valence-corrected chi connectivity index (χ1v) is 11.5. The van der Waals surface area contributed by atoms with E-state index in [1.54, 1.807) is 6.07 Å². The Kier molecular flexibility index (Phi) is 4.82. The zero-order valence-electron chi connectivity index (χ0n) is 15.0. The van der Waals surface area contributed by atoms with Crippen molar-refractivity contribution < 1.29 is 13.2 Å². The van der Waals surface area contributed by atoms with Crippen molar-refractivity contribution in [2.24, 2.45) is 0 Å². The minimum Gasteiger partial charge on any atom is -0.351 e. The minimum atomic E-state index is -3.15. The van der Waals surface area contributed by atoms with Gasteiger partial charge < -0.3 is 5.32 Å². The molecule has 1 amide bonds. The molecule has 142 valence electrons. The first-order chi connectivity index (χ1) is 13.4. The van der Waals surface area contributed by atoms with Crippen molar-refractivity contribution in [2.45, 2.75) is 0 Å². The van der Waals surface area contributed by atoms with E-state index in [1.807, 2.05) is 48.5 Å². The molecule has 28 heavy (non-hydrogen) atoms. The van der Waals surface area contributed by atoms with Crippen molar-refractivity contribution in [3.63, 3.8) is 0 Å². The van der Waals surface area contributed by atoms with Crippen LogP contribution in [0.3, 0.4) is 0 Å². The van der Waals surface area contributed by atoms with E-state index in [4.69, 9.17) is 0 Å². The second-order valence-electron chi connectivity index (χ2n) is 6.44. The van der Waals surface area contributed by atoms with Crippen LogP contribution in [-0.2, 0) is 9.84 Å². The highest BCUT2D eigenvalue weighted by molar-refractivity contribution is 7.90. The molecule has 1 N–H and O–H groups in total. The van der Waals surface area contributed by atoms with Crippen molar-refractivity contribution in [1.82, 2.24) is 15.3 Å². The summed E-state index contributed by atoms with van der Waals surface area (Å²) in [5, 5.41) is 4.14. The van der Waals surface area contributed by atoms with E-state index < -0.39 is 9.84 Å². The SMILES string of the molecule is CS(=O)(=O)CCNC(=O)c1cc(-c2nc3ccccc3s2)nc2ccccc12. The van der Waals surface area contributed by atoms with Gasteiger partial charge >= 0.3 is 0 Å². The molecule has 0 aliphatic heterocycles. The van der Waals surface area contributed by atoms with Crippen LogP contribution in [0.25, 0.3) is 31.8 Å². The molecule has 0 bridgehead atoms. The number of thiazole rings is 1. The summed E-state index contributed by atoms with van der Waals surface area (Å²) in [5.41, 5.74) is 2.64. The summed E-state index contributed by atoms with van der Waals surface area (Å²) in [6, 6.07) is 16.9. The van der Waals surface area contributed by atoms with Crippen LogP contribution in [0.15, 0.2) is 54.6 Å². The monoisotopic (exact) mass is 411 g/mol. The summed E-state index contributed by atoms with van der Waals surface area (Å²) < 4.78 is 23.7. The molecule has 0 spiro atoms. The molecule has 0 saturated heterocycles. The maximum absolute atomic E-state index is 12.7. The quantitative estimate of drug-likeness (QED) is 0.544. The van der Waals surface area contributed by atoms with Gasteiger partial charge in [-0.05, 0) is 24.3 Å². The average molecular weight is 412 g/mol. The van der Waals surface area contributed by atoms with Crippen molar-refractivity contribution in [3.05, 3.63) is 60.2 Å². The second kappa shape index (κ2) is 7.29. The third kappa shape index (κ3) is 3.88. The molecular weight excluding hydrogens is 394 g/mol. The lowest BCUT2D eigenvalue weighted by molar-refractivity contribution is 0.0957. The van der Waals surface area contributed by atoms with Gasteiger partial charge in [-0.15, -0.1) is 11.3 Å². The van der Waals surface area contributed by atoms with Gasteiger partial charge in [0.2, 0.25) is 0 Å². The topological polar surface area (TPSA) is 89.0 Å². The zero-order valence-corrected chi connectivity index (χ0v) is 16.7. The van der Waals surface area contributed by atoms with Crippen LogP contribution in [-0.4, -0.2) is 42.8 Å². The molecule has 0 atom stereocenters. The predicted octanol–water partition coefficient (Wildman–Crippen LogP) is 3.29. The number of carbonyl (C=O) groups is 1. The summed E-state index contributed by atoms with van der Waals surface area (Å²) in [6.07, 6.45) is 1.15. The fraction of sp³-hybridized carbons (Fsp3) is 0.150. The fourth-order valence-corrected chi connectivity index (χ4v) is 4.30. The first-order valence-electron chi connectivity index (χ1n) is 8.62. The molecule has 4 aromatic rings. The third-order valence-corrected chi connectivity index (χ3v) is 6.24. The Hall–Kier alpha value is -2.84. The van der Waals surface area contributed by atoms with E-state index in [9.17, 15) is 13.2 Å². The van der Waals surface area contributed by atoms with Gasteiger partial charge in [-0.1, -0.05) is 30.3 Å². The molecule has 2 aromatic carbocycles. The van der Waals surface area contributed by atoms with Crippen LogP contribution in [0, 0.1) is 0 Å². The zero-order chi connectivity index (χ0) is 19.7. The lowest BCUT2D eigenvalue weighted by Gasteiger charge is -2.09. The van der Waals surface area contributed by atoms with E-state index in [0.717, 1.165) is 21.5 Å². The van der Waals surface area contributed by atoms with Gasteiger partial charge in [0.25, 0.3) is 5.91 Å². The molecule has 2 aromatic heterocycles. The van der Waals surface area contributed by atoms with Crippen LogP contribution in [0.1, 0.15) is 10.4 Å². The van der Waals surface area contributed by atoms with Crippen LogP contribution >= 0.6 is 11.3 Å². The van der Waals surface area contributed by atoms with E-state index >= 15 is 0 Å². The number of rotatable bonds is 5. The van der Waals surface area contributed by atoms with E-state index in [1.165, 1.54) is 11.3 Å². The van der Waals surface area contributed by atoms with Gasteiger partial charge in [-0.2, -0.15) is 0 Å². The molecule has 2 heterocycles. The molecule has 6 nitrogen and oxygen atoms in total. The van der Waals surface area contributed by atoms with Crippen LogP contribution in [0.2, 0.25) is 0 Å². The van der Waals surface area contributed by atoms with Gasteiger partial charge in [0.15, 0.2) is 0 Å². The van der Waals surface area contributed by atoms with Crippen molar-refractivity contribution in [2.75, 3.05) is 18.6 Å². The third-order valence-electron chi connectivity index (χ3n) is 4.23. The number of aromatic nitrogens is 2. The lowest BCUT2D eigenvalue weighted by Crippen LogP contribution is -2.29. The smallest absolute Gasteiger partial charge is 0.252 e. The molecule has 0 saturated carbocycles. The van der Waals surface area contributed by atoms with Gasteiger partial charge in [0.1, 0.15) is 20.5 Å². The summed E-state index contributed by atoms with van der Waals surface area (Å²) in [5.74, 6) is -0.434. The normalized spacial score (nSPS) is 11.8. The Morgan fingerprint density at radius 3 is 2.50 bits per heavy atom. The highest BCUT2D eigenvalue weighted by Crippen LogP contribution is 2.31. The maximum atomic E-state index is 12.7. The maximum Gasteiger partial charge on any atom is 0.252 e. The Labute approximate surface area is 166 Å². The number of fused-ring (bicyclic) bond motifs is 2. The number of carbonyl (C=O) groups excluding carboxylic acids is 1. The van der Waals surface area contributed by atoms with E-state index in [2.05, 4.69) is 15.3 Å². The number of amides is 1.